The number of hydrogen-bond donors (Lipinski definition) is 1. The molecule has 0 aliphatic heterocycles. The molecule has 3 rings (SSSR count). The molecule has 2 aromatic rings. The smallest absolute Gasteiger partial charge is 0.222 e. The summed E-state index contributed by atoms with van der Waals surface area (Å²) in [5.41, 5.74) is 3.27. The van der Waals surface area contributed by atoms with Gasteiger partial charge in [-0.15, -0.1) is 0 Å². The Morgan fingerprint density at radius 2 is 1.72 bits per heavy atom. The predicted octanol–water partition coefficient (Wildman–Crippen LogP) is 1.93. The lowest BCUT2D eigenvalue weighted by Gasteiger charge is -2.11. The van der Waals surface area contributed by atoms with Gasteiger partial charge in [-0.25, -0.2) is 9.97 Å². The van der Waals surface area contributed by atoms with Gasteiger partial charge in [0, 0.05) is 6.04 Å². The molecule has 0 spiro atoms. The number of aromatic nitrogens is 2. The highest BCUT2D eigenvalue weighted by Crippen LogP contribution is 2.23. The van der Waals surface area contributed by atoms with Gasteiger partial charge in [-0.1, -0.05) is 24.3 Å². The van der Waals surface area contributed by atoms with E-state index in [1.807, 2.05) is 6.07 Å². The number of anilines is 1. The topological polar surface area (TPSA) is 61.6 Å². The molecular formula is C14H12N4. The second-order valence-electron chi connectivity index (χ2n) is 4.43. The third-order valence-electron chi connectivity index (χ3n) is 3.17. The first-order chi connectivity index (χ1) is 8.85. The van der Waals surface area contributed by atoms with Crippen molar-refractivity contribution in [2.45, 2.75) is 18.9 Å². The lowest BCUT2D eigenvalue weighted by Crippen LogP contribution is -2.20. The van der Waals surface area contributed by atoms with E-state index in [-0.39, 0.29) is 0 Å². The second-order valence-corrected chi connectivity index (χ2v) is 4.43. The molecule has 0 radical (unpaired) electrons. The SMILES string of the molecule is N#Cc1cnc(NC2Cc3ccccc3C2)nc1. The summed E-state index contributed by atoms with van der Waals surface area (Å²) in [5.74, 6) is 0.590. The quantitative estimate of drug-likeness (QED) is 0.865. The number of hydrogen-bond acceptors (Lipinski definition) is 4. The summed E-state index contributed by atoms with van der Waals surface area (Å²) in [6, 6.07) is 10.8. The van der Waals surface area contributed by atoms with Crippen LogP contribution in [0.3, 0.4) is 0 Å². The van der Waals surface area contributed by atoms with Crippen molar-refractivity contribution < 1.29 is 0 Å². The molecule has 1 aromatic heterocycles. The summed E-state index contributed by atoms with van der Waals surface area (Å²) in [6.45, 7) is 0. The summed E-state index contributed by atoms with van der Waals surface area (Å²) in [6.07, 6.45) is 5.08. The first-order valence-electron chi connectivity index (χ1n) is 5.90. The molecule has 1 N–H and O–H groups in total. The van der Waals surface area contributed by atoms with Crippen molar-refractivity contribution in [3.05, 3.63) is 53.3 Å². The fraction of sp³-hybridized carbons (Fsp3) is 0.214. The molecule has 1 aliphatic carbocycles. The Morgan fingerprint density at radius 3 is 2.28 bits per heavy atom. The van der Waals surface area contributed by atoms with Crippen LogP contribution in [0.25, 0.3) is 0 Å². The van der Waals surface area contributed by atoms with Crippen LogP contribution < -0.4 is 5.32 Å². The molecule has 88 valence electrons. The van der Waals surface area contributed by atoms with Crippen LogP contribution in [-0.2, 0) is 12.8 Å². The molecule has 0 fully saturated rings. The van der Waals surface area contributed by atoms with E-state index in [0.717, 1.165) is 12.8 Å². The van der Waals surface area contributed by atoms with E-state index in [1.165, 1.54) is 23.5 Å². The van der Waals surface area contributed by atoms with Gasteiger partial charge in [0.2, 0.25) is 5.95 Å². The van der Waals surface area contributed by atoms with Crippen LogP contribution in [0, 0.1) is 11.3 Å². The molecule has 4 heteroatoms. The number of benzene rings is 1. The third kappa shape index (κ3) is 2.03. The minimum Gasteiger partial charge on any atom is -0.351 e. The summed E-state index contributed by atoms with van der Waals surface area (Å²) in [4.78, 5) is 8.26. The number of nitrogens with zero attached hydrogens (tertiary/aromatic N) is 3. The molecule has 0 atom stereocenters. The Hall–Kier alpha value is -2.41. The molecule has 1 heterocycles. The molecule has 1 aliphatic rings. The molecule has 0 bridgehead atoms. The van der Waals surface area contributed by atoms with Crippen LogP contribution in [0.5, 0.6) is 0 Å². The highest BCUT2D eigenvalue weighted by molar-refractivity contribution is 5.38. The van der Waals surface area contributed by atoms with E-state index in [2.05, 4.69) is 39.6 Å². The van der Waals surface area contributed by atoms with Crippen molar-refractivity contribution in [3.8, 4) is 6.07 Å². The van der Waals surface area contributed by atoms with E-state index in [0.29, 0.717) is 17.6 Å². The fourth-order valence-electron chi connectivity index (χ4n) is 2.30. The van der Waals surface area contributed by atoms with Crippen molar-refractivity contribution in [2.75, 3.05) is 5.32 Å². The first-order valence-corrected chi connectivity index (χ1v) is 5.90. The normalized spacial score (nSPS) is 13.9. The Kier molecular flexibility index (Phi) is 2.66. The highest BCUT2D eigenvalue weighted by Gasteiger charge is 2.21. The second kappa shape index (κ2) is 4.46. The zero-order chi connectivity index (χ0) is 12.4. The van der Waals surface area contributed by atoms with Crippen molar-refractivity contribution >= 4 is 5.95 Å². The largest absolute Gasteiger partial charge is 0.351 e. The highest BCUT2D eigenvalue weighted by atomic mass is 15.1. The standard InChI is InChI=1S/C14H12N4/c15-7-10-8-16-14(17-9-10)18-13-5-11-3-1-2-4-12(11)6-13/h1-4,8-9,13H,5-6H2,(H,16,17,18). The molecule has 0 amide bonds. The van der Waals surface area contributed by atoms with Gasteiger partial charge < -0.3 is 5.32 Å². The number of nitriles is 1. The summed E-state index contributed by atoms with van der Waals surface area (Å²) in [7, 11) is 0. The fourth-order valence-corrected chi connectivity index (χ4v) is 2.30. The number of nitrogens with one attached hydrogen (secondary N) is 1. The maximum absolute atomic E-state index is 8.68. The van der Waals surface area contributed by atoms with E-state index in [4.69, 9.17) is 5.26 Å². The molecule has 4 nitrogen and oxygen atoms in total. The van der Waals surface area contributed by atoms with Crippen molar-refractivity contribution in [2.24, 2.45) is 0 Å². The molecule has 1 aromatic carbocycles. The maximum atomic E-state index is 8.68. The van der Waals surface area contributed by atoms with Gasteiger partial charge in [0.05, 0.1) is 18.0 Å². The van der Waals surface area contributed by atoms with Crippen LogP contribution >= 0.6 is 0 Å². The van der Waals surface area contributed by atoms with Crippen LogP contribution in [0.2, 0.25) is 0 Å². The average molecular weight is 236 g/mol. The van der Waals surface area contributed by atoms with Gasteiger partial charge in [-0.3, -0.25) is 0 Å². The first kappa shape index (κ1) is 10.7. The van der Waals surface area contributed by atoms with Gasteiger partial charge in [-0.05, 0) is 24.0 Å². The van der Waals surface area contributed by atoms with Crippen LogP contribution in [0.4, 0.5) is 5.95 Å². The van der Waals surface area contributed by atoms with E-state index in [1.54, 1.807) is 0 Å². The molecular weight excluding hydrogens is 224 g/mol. The predicted molar refractivity (Wildman–Crippen MR) is 68.0 cm³/mol. The van der Waals surface area contributed by atoms with Gasteiger partial charge in [0.25, 0.3) is 0 Å². The van der Waals surface area contributed by atoms with E-state index >= 15 is 0 Å². The van der Waals surface area contributed by atoms with Crippen LogP contribution in [0.1, 0.15) is 16.7 Å². The van der Waals surface area contributed by atoms with E-state index < -0.39 is 0 Å². The average Bonchev–Trinajstić information content (AvgIpc) is 2.82. The Bertz CT molecular complexity index is 573. The lowest BCUT2D eigenvalue weighted by atomic mass is 10.1. The molecule has 0 unspecified atom stereocenters. The van der Waals surface area contributed by atoms with Gasteiger partial charge in [-0.2, -0.15) is 5.26 Å². The monoisotopic (exact) mass is 236 g/mol. The number of fused-ring (bicyclic) bond motifs is 1. The minimum absolute atomic E-state index is 0.343. The maximum Gasteiger partial charge on any atom is 0.222 e. The summed E-state index contributed by atoms with van der Waals surface area (Å²) in [5, 5.41) is 12.0. The van der Waals surface area contributed by atoms with Crippen LogP contribution in [0.15, 0.2) is 36.7 Å². The third-order valence-corrected chi connectivity index (χ3v) is 3.17. The van der Waals surface area contributed by atoms with E-state index in [9.17, 15) is 0 Å². The number of rotatable bonds is 2. The van der Waals surface area contributed by atoms with Gasteiger partial charge >= 0.3 is 0 Å². The Morgan fingerprint density at radius 1 is 1.11 bits per heavy atom. The summed E-state index contributed by atoms with van der Waals surface area (Å²) < 4.78 is 0. The molecule has 0 saturated carbocycles. The van der Waals surface area contributed by atoms with Crippen molar-refractivity contribution in [1.29, 1.82) is 5.26 Å². The minimum atomic E-state index is 0.343. The Labute approximate surface area is 105 Å². The lowest BCUT2D eigenvalue weighted by molar-refractivity contribution is 0.761. The van der Waals surface area contributed by atoms with Gasteiger partial charge in [0.1, 0.15) is 6.07 Å². The molecule has 0 saturated heterocycles. The zero-order valence-electron chi connectivity index (χ0n) is 9.80. The van der Waals surface area contributed by atoms with Crippen LogP contribution in [-0.4, -0.2) is 16.0 Å². The van der Waals surface area contributed by atoms with Gasteiger partial charge in [0.15, 0.2) is 0 Å². The van der Waals surface area contributed by atoms with Crippen molar-refractivity contribution in [1.82, 2.24) is 9.97 Å². The molecule has 18 heavy (non-hydrogen) atoms. The summed E-state index contributed by atoms with van der Waals surface area (Å²) >= 11 is 0. The Balaban J connectivity index is 1.70. The van der Waals surface area contributed by atoms with Crippen molar-refractivity contribution in [3.63, 3.8) is 0 Å². The zero-order valence-corrected chi connectivity index (χ0v) is 9.80.